The number of halogens is 2. The lowest BCUT2D eigenvalue weighted by Crippen LogP contribution is -2.07. The molecule has 3 aromatic rings. The van der Waals surface area contributed by atoms with Crippen LogP contribution in [-0.4, -0.2) is 16.1 Å². The fourth-order valence-corrected chi connectivity index (χ4v) is 4.70. The SMILES string of the molecule is Cc1nc2sc(Br)c(-c3cccc(Br)c3)c2c(N)c1C(=O)O. The number of nitrogens with two attached hydrogens (primary N) is 1. The van der Waals surface area contributed by atoms with Crippen LogP contribution in [-0.2, 0) is 0 Å². The number of aryl methyl sites for hydroxylation is 1. The summed E-state index contributed by atoms with van der Waals surface area (Å²) in [6, 6.07) is 7.77. The first-order valence-electron chi connectivity index (χ1n) is 6.27. The number of pyridine rings is 1. The molecule has 0 saturated carbocycles. The summed E-state index contributed by atoms with van der Waals surface area (Å²) >= 11 is 8.45. The van der Waals surface area contributed by atoms with E-state index in [2.05, 4.69) is 36.8 Å². The molecule has 0 fully saturated rings. The van der Waals surface area contributed by atoms with Gasteiger partial charge in [0, 0.05) is 15.4 Å². The summed E-state index contributed by atoms with van der Waals surface area (Å²) in [5.74, 6) is -1.06. The topological polar surface area (TPSA) is 76.2 Å². The van der Waals surface area contributed by atoms with E-state index in [0.717, 1.165) is 24.2 Å². The minimum Gasteiger partial charge on any atom is -0.478 e. The highest BCUT2D eigenvalue weighted by Crippen LogP contribution is 2.45. The van der Waals surface area contributed by atoms with Gasteiger partial charge in [0.15, 0.2) is 0 Å². The number of fused-ring (bicyclic) bond motifs is 1. The molecule has 22 heavy (non-hydrogen) atoms. The van der Waals surface area contributed by atoms with Crippen molar-refractivity contribution < 1.29 is 9.90 Å². The highest BCUT2D eigenvalue weighted by molar-refractivity contribution is 9.11. The second-order valence-electron chi connectivity index (χ2n) is 4.73. The number of nitrogens with zero attached hydrogens (tertiary/aromatic N) is 1. The van der Waals surface area contributed by atoms with Gasteiger partial charge in [-0.15, -0.1) is 11.3 Å². The van der Waals surface area contributed by atoms with Crippen LogP contribution in [0.4, 0.5) is 5.69 Å². The van der Waals surface area contributed by atoms with E-state index in [-0.39, 0.29) is 11.3 Å². The van der Waals surface area contributed by atoms with E-state index in [1.165, 1.54) is 11.3 Å². The molecule has 2 heterocycles. The molecule has 0 unspecified atom stereocenters. The Labute approximate surface area is 147 Å². The summed E-state index contributed by atoms with van der Waals surface area (Å²) in [7, 11) is 0. The number of hydrogen-bond acceptors (Lipinski definition) is 4. The number of anilines is 1. The third kappa shape index (κ3) is 2.43. The van der Waals surface area contributed by atoms with Crippen molar-refractivity contribution in [1.29, 1.82) is 0 Å². The molecule has 0 aliphatic carbocycles. The lowest BCUT2D eigenvalue weighted by molar-refractivity contribution is 0.0697. The normalized spacial score (nSPS) is 11.0. The molecule has 1 aromatic carbocycles. The van der Waals surface area contributed by atoms with E-state index in [1.807, 2.05) is 24.3 Å². The highest BCUT2D eigenvalue weighted by Gasteiger charge is 2.22. The summed E-state index contributed by atoms with van der Waals surface area (Å²) in [6.45, 7) is 1.66. The Morgan fingerprint density at radius 3 is 2.73 bits per heavy atom. The molecule has 3 rings (SSSR count). The smallest absolute Gasteiger partial charge is 0.339 e. The molecule has 0 spiro atoms. The zero-order chi connectivity index (χ0) is 16.0. The number of carbonyl (C=O) groups is 1. The van der Waals surface area contributed by atoms with Crippen molar-refractivity contribution in [2.24, 2.45) is 0 Å². The Balaban J connectivity index is 2.43. The Hall–Kier alpha value is -1.44. The molecule has 2 aromatic heterocycles. The van der Waals surface area contributed by atoms with Gasteiger partial charge in [0.05, 0.1) is 15.2 Å². The molecule has 0 saturated heterocycles. The van der Waals surface area contributed by atoms with Gasteiger partial charge in [0.1, 0.15) is 10.4 Å². The summed E-state index contributed by atoms with van der Waals surface area (Å²) < 4.78 is 1.81. The predicted octanol–water partition coefficient (Wildman–Crippen LogP) is 5.08. The molecule has 0 atom stereocenters. The monoisotopic (exact) mass is 440 g/mol. The summed E-state index contributed by atoms with van der Waals surface area (Å²) in [5, 5.41) is 10.1. The fraction of sp³-hybridized carbons (Fsp3) is 0.0667. The van der Waals surface area contributed by atoms with Crippen LogP contribution in [0.3, 0.4) is 0 Å². The maximum Gasteiger partial charge on any atom is 0.339 e. The van der Waals surface area contributed by atoms with E-state index < -0.39 is 5.97 Å². The van der Waals surface area contributed by atoms with E-state index in [0.29, 0.717) is 11.1 Å². The van der Waals surface area contributed by atoms with Crippen molar-refractivity contribution in [3.05, 3.63) is 43.8 Å². The van der Waals surface area contributed by atoms with E-state index in [1.54, 1.807) is 6.92 Å². The van der Waals surface area contributed by atoms with Crippen LogP contribution in [0.25, 0.3) is 21.3 Å². The molecular formula is C15H10Br2N2O2S. The van der Waals surface area contributed by atoms with Crippen molar-refractivity contribution in [2.45, 2.75) is 6.92 Å². The summed E-state index contributed by atoms with van der Waals surface area (Å²) in [4.78, 5) is 16.6. The second kappa shape index (κ2) is 5.64. The molecule has 0 radical (unpaired) electrons. The van der Waals surface area contributed by atoms with Gasteiger partial charge >= 0.3 is 5.97 Å². The first-order chi connectivity index (χ1) is 10.4. The van der Waals surface area contributed by atoms with Gasteiger partial charge in [-0.1, -0.05) is 28.1 Å². The Morgan fingerprint density at radius 1 is 1.36 bits per heavy atom. The molecule has 0 amide bonds. The van der Waals surface area contributed by atoms with Gasteiger partial charge < -0.3 is 10.8 Å². The number of carboxylic acids is 1. The van der Waals surface area contributed by atoms with Gasteiger partial charge in [-0.25, -0.2) is 9.78 Å². The van der Waals surface area contributed by atoms with Crippen LogP contribution in [0.2, 0.25) is 0 Å². The number of aromatic carboxylic acids is 1. The van der Waals surface area contributed by atoms with Crippen LogP contribution in [0, 0.1) is 6.92 Å². The number of rotatable bonds is 2. The van der Waals surface area contributed by atoms with Crippen LogP contribution in [0.1, 0.15) is 16.1 Å². The first-order valence-corrected chi connectivity index (χ1v) is 8.67. The van der Waals surface area contributed by atoms with Crippen LogP contribution in [0.5, 0.6) is 0 Å². The average Bonchev–Trinajstić information content (AvgIpc) is 2.74. The van der Waals surface area contributed by atoms with Gasteiger partial charge in [0.2, 0.25) is 0 Å². The second-order valence-corrected chi connectivity index (χ2v) is 7.96. The van der Waals surface area contributed by atoms with Crippen LogP contribution in [0.15, 0.2) is 32.5 Å². The number of hydrogen-bond donors (Lipinski definition) is 2. The quantitative estimate of drug-likeness (QED) is 0.581. The standard InChI is InChI=1S/C15H10Br2N2O2S/c1-6-9(15(20)21)12(18)11-10(13(17)22-14(11)19-6)7-3-2-4-8(16)5-7/h2-5H,1H3,(H2,18,19)(H,20,21). The molecular weight excluding hydrogens is 432 g/mol. The van der Waals surface area contributed by atoms with Crippen molar-refractivity contribution in [1.82, 2.24) is 4.98 Å². The first kappa shape index (κ1) is 15.5. The Morgan fingerprint density at radius 2 is 2.09 bits per heavy atom. The highest BCUT2D eigenvalue weighted by atomic mass is 79.9. The number of thiophene rings is 1. The maximum absolute atomic E-state index is 11.5. The number of carboxylic acid groups (broad SMARTS) is 1. The summed E-state index contributed by atoms with van der Waals surface area (Å²) in [5.41, 5.74) is 8.72. The maximum atomic E-state index is 11.5. The zero-order valence-corrected chi connectivity index (χ0v) is 15.3. The van der Waals surface area contributed by atoms with Gasteiger partial charge in [0.25, 0.3) is 0 Å². The molecule has 3 N–H and O–H groups in total. The zero-order valence-electron chi connectivity index (χ0n) is 11.4. The van der Waals surface area contributed by atoms with Gasteiger partial charge in [-0.3, -0.25) is 0 Å². The lowest BCUT2D eigenvalue weighted by Gasteiger charge is -2.08. The molecule has 4 nitrogen and oxygen atoms in total. The average molecular weight is 442 g/mol. The largest absolute Gasteiger partial charge is 0.478 e. The number of nitrogen functional groups attached to an aromatic ring is 1. The van der Waals surface area contributed by atoms with E-state index in [4.69, 9.17) is 5.73 Å². The van der Waals surface area contributed by atoms with Crippen molar-refractivity contribution >= 4 is 65.1 Å². The Bertz CT molecular complexity index is 922. The van der Waals surface area contributed by atoms with Crippen molar-refractivity contribution in [3.63, 3.8) is 0 Å². The summed E-state index contributed by atoms with van der Waals surface area (Å²) in [6.07, 6.45) is 0. The molecule has 7 heteroatoms. The molecule has 0 aliphatic heterocycles. The minimum absolute atomic E-state index is 0.0639. The minimum atomic E-state index is -1.06. The van der Waals surface area contributed by atoms with Gasteiger partial charge in [-0.2, -0.15) is 0 Å². The van der Waals surface area contributed by atoms with Crippen molar-refractivity contribution in [3.8, 4) is 11.1 Å². The van der Waals surface area contributed by atoms with Crippen LogP contribution >= 0.6 is 43.2 Å². The predicted molar refractivity (Wildman–Crippen MR) is 96.6 cm³/mol. The number of benzene rings is 1. The lowest BCUT2D eigenvalue weighted by atomic mass is 10.0. The molecule has 112 valence electrons. The Kier molecular flexibility index (Phi) is 3.96. The van der Waals surface area contributed by atoms with E-state index in [9.17, 15) is 9.90 Å². The third-order valence-electron chi connectivity index (χ3n) is 3.34. The molecule has 0 bridgehead atoms. The molecule has 0 aliphatic rings. The van der Waals surface area contributed by atoms with Crippen LogP contribution < -0.4 is 5.73 Å². The van der Waals surface area contributed by atoms with Gasteiger partial charge in [-0.05, 0) is 40.5 Å². The van der Waals surface area contributed by atoms with E-state index >= 15 is 0 Å². The fourth-order valence-electron chi connectivity index (χ4n) is 2.42. The number of aromatic nitrogens is 1. The van der Waals surface area contributed by atoms with Crippen molar-refractivity contribution in [2.75, 3.05) is 5.73 Å². The third-order valence-corrected chi connectivity index (χ3v) is 5.59.